The molecule has 0 amide bonds. The fourth-order valence-corrected chi connectivity index (χ4v) is 1.70. The Labute approximate surface area is 98.5 Å². The predicted octanol–water partition coefficient (Wildman–Crippen LogP) is 2.85. The van der Waals surface area contributed by atoms with Crippen LogP contribution >= 0.6 is 0 Å². The molecule has 0 N–H and O–H groups in total. The van der Waals surface area contributed by atoms with Crippen LogP contribution in [0.2, 0.25) is 0 Å². The molecule has 0 spiro atoms. The van der Waals surface area contributed by atoms with E-state index in [-0.39, 0.29) is 6.04 Å². The van der Waals surface area contributed by atoms with E-state index >= 15 is 0 Å². The van der Waals surface area contributed by atoms with Gasteiger partial charge in [0.15, 0.2) is 0 Å². The zero-order valence-corrected chi connectivity index (χ0v) is 10.2. The van der Waals surface area contributed by atoms with Crippen LogP contribution in [0.3, 0.4) is 0 Å². The second-order valence-corrected chi connectivity index (χ2v) is 4.17. The molecular weight excluding hydrogens is 196 g/mol. The Balaban J connectivity index is 2.52. The summed E-state index contributed by atoms with van der Waals surface area (Å²) in [6.07, 6.45) is 3.15. The van der Waals surface area contributed by atoms with E-state index in [1.165, 1.54) is 12.0 Å². The summed E-state index contributed by atoms with van der Waals surface area (Å²) in [5, 5.41) is 9.17. The van der Waals surface area contributed by atoms with Crippen molar-refractivity contribution in [1.29, 1.82) is 5.26 Å². The number of hydrogen-bond donors (Lipinski definition) is 0. The monoisotopic (exact) mass is 216 g/mol. The molecule has 0 aliphatic rings. The topological polar surface area (TPSA) is 27.0 Å². The summed E-state index contributed by atoms with van der Waals surface area (Å²) < 4.78 is 0. The molecule has 1 aromatic carbocycles. The number of unbranched alkanes of at least 4 members (excludes halogenated alkanes) is 1. The summed E-state index contributed by atoms with van der Waals surface area (Å²) in [7, 11) is 2.03. The van der Waals surface area contributed by atoms with Gasteiger partial charge in [-0.3, -0.25) is 4.90 Å². The van der Waals surface area contributed by atoms with Gasteiger partial charge in [0.05, 0.1) is 6.07 Å². The van der Waals surface area contributed by atoms with Gasteiger partial charge >= 0.3 is 0 Å². The first-order valence-electron chi connectivity index (χ1n) is 5.91. The molecule has 0 fully saturated rings. The van der Waals surface area contributed by atoms with Gasteiger partial charge in [-0.1, -0.05) is 43.7 Å². The number of likely N-dealkylation sites (N-methyl/N-ethyl adjacent to an activating group) is 1. The summed E-state index contributed by atoms with van der Waals surface area (Å²) in [5.41, 5.74) is 1.23. The van der Waals surface area contributed by atoms with Gasteiger partial charge in [-0.05, 0) is 25.6 Å². The molecule has 1 unspecified atom stereocenters. The Hall–Kier alpha value is -1.33. The zero-order chi connectivity index (χ0) is 11.8. The fourth-order valence-electron chi connectivity index (χ4n) is 1.70. The quantitative estimate of drug-likeness (QED) is 0.731. The van der Waals surface area contributed by atoms with E-state index in [4.69, 9.17) is 5.26 Å². The number of nitrogens with zero attached hydrogens (tertiary/aromatic N) is 2. The molecule has 0 saturated heterocycles. The van der Waals surface area contributed by atoms with Gasteiger partial charge in [0.1, 0.15) is 6.04 Å². The highest BCUT2D eigenvalue weighted by atomic mass is 15.1. The van der Waals surface area contributed by atoms with Crippen LogP contribution < -0.4 is 0 Å². The first-order valence-corrected chi connectivity index (χ1v) is 5.91. The highest BCUT2D eigenvalue weighted by molar-refractivity contribution is 5.17. The van der Waals surface area contributed by atoms with Crippen molar-refractivity contribution in [1.82, 2.24) is 4.90 Å². The maximum atomic E-state index is 9.17. The average molecular weight is 216 g/mol. The smallest absolute Gasteiger partial charge is 0.102 e. The standard InChI is InChI=1S/C14H20N2/c1-3-4-10-16(2)14(12-15)11-13-8-6-5-7-9-13/h5-9,14H,3-4,10-11H2,1-2H3. The molecule has 0 radical (unpaired) electrons. The highest BCUT2D eigenvalue weighted by Gasteiger charge is 2.13. The minimum atomic E-state index is -0.00560. The second-order valence-electron chi connectivity index (χ2n) is 4.17. The second kappa shape index (κ2) is 7.03. The van der Waals surface area contributed by atoms with E-state index in [0.717, 1.165) is 19.4 Å². The number of rotatable bonds is 6. The maximum absolute atomic E-state index is 9.17. The molecular formula is C14H20N2. The molecule has 2 nitrogen and oxygen atoms in total. The van der Waals surface area contributed by atoms with Crippen LogP contribution in [0.1, 0.15) is 25.3 Å². The van der Waals surface area contributed by atoms with E-state index in [2.05, 4.69) is 30.0 Å². The summed E-state index contributed by atoms with van der Waals surface area (Å²) in [4.78, 5) is 2.15. The number of benzene rings is 1. The Morgan fingerprint density at radius 3 is 2.56 bits per heavy atom. The van der Waals surface area contributed by atoms with Gasteiger partial charge in [-0.2, -0.15) is 5.26 Å². The van der Waals surface area contributed by atoms with Gasteiger partial charge < -0.3 is 0 Å². The minimum absolute atomic E-state index is 0.00560. The lowest BCUT2D eigenvalue weighted by Gasteiger charge is -2.22. The van der Waals surface area contributed by atoms with Crippen molar-refractivity contribution < 1.29 is 0 Å². The van der Waals surface area contributed by atoms with Crippen molar-refractivity contribution >= 4 is 0 Å². The third-order valence-electron chi connectivity index (χ3n) is 2.82. The van der Waals surface area contributed by atoms with E-state index in [0.29, 0.717) is 0 Å². The SMILES string of the molecule is CCCCN(C)C(C#N)Cc1ccccc1. The Morgan fingerprint density at radius 2 is 2.00 bits per heavy atom. The molecule has 0 saturated carbocycles. The van der Waals surface area contributed by atoms with Crippen LogP contribution in [0.4, 0.5) is 0 Å². The van der Waals surface area contributed by atoms with Crippen molar-refractivity contribution in [2.24, 2.45) is 0 Å². The molecule has 0 aromatic heterocycles. The van der Waals surface area contributed by atoms with Crippen LogP contribution in [-0.2, 0) is 6.42 Å². The molecule has 2 heteroatoms. The summed E-state index contributed by atoms with van der Waals surface area (Å²) in [5.74, 6) is 0. The van der Waals surface area contributed by atoms with Gasteiger partial charge in [0.25, 0.3) is 0 Å². The summed E-state index contributed by atoms with van der Waals surface area (Å²) in [6.45, 7) is 3.17. The van der Waals surface area contributed by atoms with E-state index in [1.807, 2.05) is 25.2 Å². The molecule has 16 heavy (non-hydrogen) atoms. The fraction of sp³-hybridized carbons (Fsp3) is 0.500. The molecule has 0 heterocycles. The lowest BCUT2D eigenvalue weighted by molar-refractivity contribution is 0.281. The first-order chi connectivity index (χ1) is 7.77. The van der Waals surface area contributed by atoms with Gasteiger partial charge in [0.2, 0.25) is 0 Å². The molecule has 0 bridgehead atoms. The molecule has 0 aliphatic carbocycles. The normalized spacial score (nSPS) is 12.4. The number of hydrogen-bond acceptors (Lipinski definition) is 2. The zero-order valence-electron chi connectivity index (χ0n) is 10.2. The third-order valence-corrected chi connectivity index (χ3v) is 2.82. The van der Waals surface area contributed by atoms with Crippen molar-refractivity contribution in [3.63, 3.8) is 0 Å². The molecule has 86 valence electrons. The van der Waals surface area contributed by atoms with E-state index in [1.54, 1.807) is 0 Å². The highest BCUT2D eigenvalue weighted by Crippen LogP contribution is 2.08. The van der Waals surface area contributed by atoms with Crippen LogP contribution in [0.5, 0.6) is 0 Å². The maximum Gasteiger partial charge on any atom is 0.102 e. The average Bonchev–Trinajstić information content (AvgIpc) is 2.34. The van der Waals surface area contributed by atoms with Crippen LogP contribution in [0.15, 0.2) is 30.3 Å². The lowest BCUT2D eigenvalue weighted by atomic mass is 10.1. The van der Waals surface area contributed by atoms with Crippen LogP contribution in [0, 0.1) is 11.3 Å². The van der Waals surface area contributed by atoms with Gasteiger partial charge in [-0.25, -0.2) is 0 Å². The minimum Gasteiger partial charge on any atom is -0.291 e. The van der Waals surface area contributed by atoms with Gasteiger partial charge in [-0.15, -0.1) is 0 Å². The largest absolute Gasteiger partial charge is 0.291 e. The predicted molar refractivity (Wildman–Crippen MR) is 67.1 cm³/mol. The van der Waals surface area contributed by atoms with Crippen LogP contribution in [-0.4, -0.2) is 24.5 Å². The van der Waals surface area contributed by atoms with Gasteiger partial charge in [0, 0.05) is 6.42 Å². The summed E-state index contributed by atoms with van der Waals surface area (Å²) >= 11 is 0. The van der Waals surface area contributed by atoms with E-state index in [9.17, 15) is 0 Å². The molecule has 1 rings (SSSR count). The Kier molecular flexibility index (Phi) is 5.60. The van der Waals surface area contributed by atoms with Crippen molar-refractivity contribution in [3.05, 3.63) is 35.9 Å². The molecule has 1 aromatic rings. The van der Waals surface area contributed by atoms with Crippen molar-refractivity contribution in [2.75, 3.05) is 13.6 Å². The first kappa shape index (κ1) is 12.7. The van der Waals surface area contributed by atoms with Crippen molar-refractivity contribution in [2.45, 2.75) is 32.2 Å². The number of nitriles is 1. The van der Waals surface area contributed by atoms with E-state index < -0.39 is 0 Å². The summed E-state index contributed by atoms with van der Waals surface area (Å²) in [6, 6.07) is 12.6. The van der Waals surface area contributed by atoms with Crippen molar-refractivity contribution in [3.8, 4) is 6.07 Å². The lowest BCUT2D eigenvalue weighted by Crippen LogP contribution is -2.33. The third kappa shape index (κ3) is 4.04. The Morgan fingerprint density at radius 1 is 1.31 bits per heavy atom. The molecule has 1 atom stereocenters. The Bertz CT molecular complexity index is 326. The van der Waals surface area contributed by atoms with Crippen LogP contribution in [0.25, 0.3) is 0 Å². The molecule has 0 aliphatic heterocycles.